The molecule has 0 aromatic carbocycles. The second-order valence-corrected chi connectivity index (χ2v) is 2.89. The van der Waals surface area contributed by atoms with E-state index in [0.29, 0.717) is 5.92 Å². The van der Waals surface area contributed by atoms with E-state index in [4.69, 9.17) is 5.11 Å². The van der Waals surface area contributed by atoms with Gasteiger partial charge in [0, 0.05) is 12.5 Å². The molecule has 3 atom stereocenters. The fourth-order valence-corrected chi connectivity index (χ4v) is 1.75. The molecule has 1 aliphatic carbocycles. The zero-order valence-electron chi connectivity index (χ0n) is 5.21. The molecule has 0 spiro atoms. The van der Waals surface area contributed by atoms with Crippen LogP contribution in [0, 0.1) is 11.8 Å². The normalized spacial score (nSPS) is 47.0. The maximum absolute atomic E-state index is 9.08. The Kier molecular flexibility index (Phi) is 1.99. The van der Waals surface area contributed by atoms with E-state index in [1.807, 2.05) is 0 Å². The molecule has 0 aromatic heterocycles. The van der Waals surface area contributed by atoms with Gasteiger partial charge in [-0.2, -0.15) is 0 Å². The predicted molar refractivity (Wildman–Crippen MR) is 37.7 cm³/mol. The van der Waals surface area contributed by atoms with Crippen molar-refractivity contribution in [1.82, 2.24) is 5.32 Å². The van der Waals surface area contributed by atoms with E-state index in [1.54, 1.807) is 0 Å². The van der Waals surface area contributed by atoms with Crippen molar-refractivity contribution in [3.05, 3.63) is 0 Å². The highest BCUT2D eigenvalue weighted by atomic mass is 35.5. The van der Waals surface area contributed by atoms with Crippen molar-refractivity contribution in [3.8, 4) is 0 Å². The molecule has 2 nitrogen and oxygen atoms in total. The summed E-state index contributed by atoms with van der Waals surface area (Å²) in [4.78, 5) is 0. The van der Waals surface area contributed by atoms with Crippen LogP contribution in [0.5, 0.6) is 0 Å². The number of hydrogen-bond acceptors (Lipinski definition) is 2. The minimum absolute atomic E-state index is 0. The molecule has 1 saturated carbocycles. The van der Waals surface area contributed by atoms with Crippen LogP contribution in [0.3, 0.4) is 0 Å². The smallest absolute Gasteiger partial charge is 0.0586 e. The van der Waals surface area contributed by atoms with Crippen molar-refractivity contribution in [2.75, 3.05) is 13.1 Å². The summed E-state index contributed by atoms with van der Waals surface area (Å²) in [5, 5.41) is 12.3. The first kappa shape index (κ1) is 7.32. The Hall–Kier alpha value is 0.210. The van der Waals surface area contributed by atoms with E-state index in [9.17, 15) is 0 Å². The average molecular weight is 150 g/mol. The van der Waals surface area contributed by atoms with Crippen molar-refractivity contribution in [2.24, 2.45) is 11.8 Å². The third-order valence-corrected chi connectivity index (χ3v) is 2.43. The highest BCUT2D eigenvalue weighted by molar-refractivity contribution is 5.85. The molecule has 0 unspecified atom stereocenters. The highest BCUT2D eigenvalue weighted by Crippen LogP contribution is 2.36. The van der Waals surface area contributed by atoms with Gasteiger partial charge in [-0.25, -0.2) is 0 Å². The number of hydrogen-bond donors (Lipinski definition) is 2. The summed E-state index contributed by atoms with van der Waals surface area (Å²) in [6, 6.07) is 0. The molecule has 0 bridgehead atoms. The third kappa shape index (κ3) is 0.955. The fourth-order valence-electron chi connectivity index (χ4n) is 1.75. The van der Waals surface area contributed by atoms with E-state index >= 15 is 0 Å². The van der Waals surface area contributed by atoms with Gasteiger partial charge in [-0.1, -0.05) is 0 Å². The van der Waals surface area contributed by atoms with Crippen LogP contribution in [-0.2, 0) is 0 Å². The first-order valence-corrected chi connectivity index (χ1v) is 3.26. The quantitative estimate of drug-likeness (QED) is 0.509. The molecule has 54 valence electrons. The van der Waals surface area contributed by atoms with Gasteiger partial charge in [0.2, 0.25) is 0 Å². The number of aliphatic hydroxyl groups excluding tert-OH is 1. The summed E-state index contributed by atoms with van der Waals surface area (Å²) in [6.07, 6.45) is 1.06. The monoisotopic (exact) mass is 149 g/mol. The maximum Gasteiger partial charge on any atom is 0.0586 e. The fraction of sp³-hybridized carbons (Fsp3) is 1.00. The summed E-state index contributed by atoms with van der Waals surface area (Å²) < 4.78 is 0. The largest absolute Gasteiger partial charge is 0.393 e. The molecule has 2 aliphatic rings. The number of aliphatic hydroxyl groups is 1. The molecular formula is C6H12ClNO. The van der Waals surface area contributed by atoms with Crippen molar-refractivity contribution in [1.29, 1.82) is 0 Å². The van der Waals surface area contributed by atoms with Gasteiger partial charge in [-0.15, -0.1) is 12.4 Å². The van der Waals surface area contributed by atoms with E-state index in [-0.39, 0.29) is 18.5 Å². The minimum Gasteiger partial charge on any atom is -0.393 e. The molecular weight excluding hydrogens is 138 g/mol. The first-order chi connectivity index (χ1) is 3.88. The van der Waals surface area contributed by atoms with Gasteiger partial charge in [-0.3, -0.25) is 0 Å². The Morgan fingerprint density at radius 2 is 2.11 bits per heavy atom. The average Bonchev–Trinajstić information content (AvgIpc) is 2.09. The van der Waals surface area contributed by atoms with Crippen LogP contribution in [0.15, 0.2) is 0 Å². The molecule has 1 heterocycles. The zero-order valence-corrected chi connectivity index (χ0v) is 6.03. The van der Waals surface area contributed by atoms with E-state index in [1.165, 1.54) is 0 Å². The van der Waals surface area contributed by atoms with Gasteiger partial charge < -0.3 is 10.4 Å². The number of nitrogens with one attached hydrogen (secondary N) is 1. The molecule has 0 amide bonds. The van der Waals surface area contributed by atoms with Gasteiger partial charge in [0.15, 0.2) is 0 Å². The van der Waals surface area contributed by atoms with Gasteiger partial charge in [0.05, 0.1) is 6.10 Å². The second-order valence-electron chi connectivity index (χ2n) is 2.89. The summed E-state index contributed by atoms with van der Waals surface area (Å²) in [6.45, 7) is 2.19. The van der Waals surface area contributed by atoms with Crippen molar-refractivity contribution in [2.45, 2.75) is 12.5 Å². The SMILES string of the molecule is Cl.O[C@@H]1C[C@@H]2CNC[C@@H]21. The Labute approximate surface area is 61.0 Å². The summed E-state index contributed by atoms with van der Waals surface area (Å²) in [7, 11) is 0. The molecule has 0 aromatic rings. The minimum atomic E-state index is 0. The summed E-state index contributed by atoms with van der Waals surface area (Å²) >= 11 is 0. The molecule has 9 heavy (non-hydrogen) atoms. The van der Waals surface area contributed by atoms with Crippen molar-refractivity contribution < 1.29 is 5.11 Å². The van der Waals surface area contributed by atoms with Crippen molar-refractivity contribution >= 4 is 12.4 Å². The lowest BCUT2D eigenvalue weighted by Crippen LogP contribution is -2.39. The summed E-state index contributed by atoms with van der Waals surface area (Å²) in [5.41, 5.74) is 0. The zero-order chi connectivity index (χ0) is 5.56. The lowest BCUT2D eigenvalue weighted by molar-refractivity contribution is -0.00403. The lowest BCUT2D eigenvalue weighted by Gasteiger charge is -2.35. The Morgan fingerprint density at radius 1 is 1.33 bits per heavy atom. The molecule has 2 fully saturated rings. The molecule has 2 rings (SSSR count). The molecule has 2 N–H and O–H groups in total. The standard InChI is InChI=1S/C6H11NO.ClH/c8-6-1-4-2-7-3-5(4)6;/h4-8H,1-3H2;1H/t4-,5+,6-;/m1./s1. The molecule has 0 radical (unpaired) electrons. The Morgan fingerprint density at radius 3 is 2.56 bits per heavy atom. The van der Waals surface area contributed by atoms with Crippen LogP contribution in [0.2, 0.25) is 0 Å². The first-order valence-electron chi connectivity index (χ1n) is 3.26. The van der Waals surface area contributed by atoms with Gasteiger partial charge in [0.25, 0.3) is 0 Å². The summed E-state index contributed by atoms with van der Waals surface area (Å²) in [5.74, 6) is 1.42. The van der Waals surface area contributed by atoms with Crippen LogP contribution < -0.4 is 5.32 Å². The van der Waals surface area contributed by atoms with E-state index in [2.05, 4.69) is 5.32 Å². The van der Waals surface area contributed by atoms with Crippen molar-refractivity contribution in [3.63, 3.8) is 0 Å². The van der Waals surface area contributed by atoms with E-state index < -0.39 is 0 Å². The number of halogens is 1. The lowest BCUT2D eigenvalue weighted by atomic mass is 9.74. The van der Waals surface area contributed by atoms with Gasteiger partial charge >= 0.3 is 0 Å². The van der Waals surface area contributed by atoms with Crippen LogP contribution >= 0.6 is 12.4 Å². The third-order valence-electron chi connectivity index (χ3n) is 2.43. The van der Waals surface area contributed by atoms with E-state index in [0.717, 1.165) is 25.4 Å². The number of rotatable bonds is 0. The Balaban J connectivity index is 0.000000405. The highest BCUT2D eigenvalue weighted by Gasteiger charge is 2.42. The van der Waals surface area contributed by atoms with Crippen LogP contribution in [0.25, 0.3) is 0 Å². The molecule has 1 aliphatic heterocycles. The van der Waals surface area contributed by atoms with Gasteiger partial charge in [0.1, 0.15) is 0 Å². The van der Waals surface area contributed by atoms with Crippen LogP contribution in [0.1, 0.15) is 6.42 Å². The van der Waals surface area contributed by atoms with Crippen LogP contribution in [-0.4, -0.2) is 24.3 Å². The Bertz CT molecular complexity index is 109. The topological polar surface area (TPSA) is 32.3 Å². The number of fused-ring (bicyclic) bond motifs is 1. The predicted octanol–water partition coefficient (Wildman–Crippen LogP) is 0.00840. The molecule has 1 saturated heterocycles. The second kappa shape index (κ2) is 2.45. The van der Waals surface area contributed by atoms with Crippen LogP contribution in [0.4, 0.5) is 0 Å². The maximum atomic E-state index is 9.08. The molecule has 3 heteroatoms. The van der Waals surface area contributed by atoms with Gasteiger partial charge in [-0.05, 0) is 18.9 Å².